The van der Waals surface area contributed by atoms with Crippen LogP contribution < -0.4 is 0 Å². The second-order valence-electron chi connectivity index (χ2n) is 4.53. The number of rotatable bonds is 3. The van der Waals surface area contributed by atoms with Crippen LogP contribution in [0.3, 0.4) is 0 Å². The van der Waals surface area contributed by atoms with E-state index in [9.17, 15) is 9.90 Å². The predicted molar refractivity (Wildman–Crippen MR) is 80.6 cm³/mol. The molecule has 0 saturated heterocycles. The molecule has 20 heavy (non-hydrogen) atoms. The molecule has 3 rings (SSSR count). The third kappa shape index (κ3) is 2.18. The quantitative estimate of drug-likeness (QED) is 0.752. The molecular formula is C16H13NO2S. The smallest absolute Gasteiger partial charge is 0.336 e. The van der Waals surface area contributed by atoms with Gasteiger partial charge >= 0.3 is 5.97 Å². The lowest BCUT2D eigenvalue weighted by molar-refractivity contribution is 0.0693. The predicted octanol–water partition coefficient (Wildman–Crippen LogP) is 4.33. The van der Waals surface area contributed by atoms with E-state index in [2.05, 4.69) is 4.98 Å². The number of hydrogen-bond acceptors (Lipinski definition) is 2. The van der Waals surface area contributed by atoms with Crippen LogP contribution in [0, 0.1) is 6.92 Å². The van der Waals surface area contributed by atoms with Crippen molar-refractivity contribution in [2.45, 2.75) is 16.7 Å². The Morgan fingerprint density at radius 2 is 1.80 bits per heavy atom. The summed E-state index contributed by atoms with van der Waals surface area (Å²) in [7, 11) is 0. The molecule has 0 spiro atoms. The molecule has 0 bridgehead atoms. The molecule has 0 fully saturated rings. The van der Waals surface area contributed by atoms with Gasteiger partial charge in [0, 0.05) is 26.4 Å². The Bertz CT molecular complexity index is 792. The van der Waals surface area contributed by atoms with Crippen molar-refractivity contribution in [1.82, 2.24) is 4.98 Å². The molecule has 1 aromatic heterocycles. The van der Waals surface area contributed by atoms with Crippen molar-refractivity contribution in [1.29, 1.82) is 0 Å². The van der Waals surface area contributed by atoms with Crippen molar-refractivity contribution in [3.63, 3.8) is 0 Å². The first-order chi connectivity index (χ1) is 9.66. The Morgan fingerprint density at radius 1 is 1.10 bits per heavy atom. The fraction of sp³-hybridized carbons (Fsp3) is 0.0625. The van der Waals surface area contributed by atoms with Gasteiger partial charge in [-0.2, -0.15) is 0 Å². The number of hydrogen-bond donors (Lipinski definition) is 2. The molecule has 0 atom stereocenters. The molecule has 0 saturated carbocycles. The second-order valence-corrected chi connectivity index (χ2v) is 5.58. The molecule has 0 amide bonds. The number of carboxylic acid groups (broad SMARTS) is 1. The van der Waals surface area contributed by atoms with Gasteiger partial charge in [0.2, 0.25) is 0 Å². The van der Waals surface area contributed by atoms with E-state index in [1.165, 1.54) is 11.8 Å². The van der Waals surface area contributed by atoms with Gasteiger partial charge in [0.15, 0.2) is 0 Å². The average Bonchev–Trinajstić information content (AvgIpc) is 2.76. The minimum atomic E-state index is -0.898. The largest absolute Gasteiger partial charge is 0.478 e. The summed E-state index contributed by atoms with van der Waals surface area (Å²) in [5.41, 5.74) is 2.46. The van der Waals surface area contributed by atoms with Gasteiger partial charge in [0.1, 0.15) is 0 Å². The van der Waals surface area contributed by atoms with Crippen molar-refractivity contribution in [2.75, 3.05) is 0 Å². The zero-order valence-corrected chi connectivity index (χ0v) is 11.7. The summed E-state index contributed by atoms with van der Waals surface area (Å²) in [5, 5.41) is 10.4. The SMILES string of the molecule is Cc1[nH]c2ccccc2c1Sc1ccccc1C(=O)O. The van der Waals surface area contributed by atoms with Crippen molar-refractivity contribution in [2.24, 2.45) is 0 Å². The highest BCUT2D eigenvalue weighted by molar-refractivity contribution is 7.99. The van der Waals surface area contributed by atoms with Crippen LogP contribution in [0.4, 0.5) is 0 Å². The van der Waals surface area contributed by atoms with Crippen molar-refractivity contribution >= 4 is 28.6 Å². The zero-order valence-electron chi connectivity index (χ0n) is 10.9. The Morgan fingerprint density at radius 3 is 2.60 bits per heavy atom. The number of fused-ring (bicyclic) bond motifs is 1. The lowest BCUT2D eigenvalue weighted by atomic mass is 10.2. The zero-order chi connectivity index (χ0) is 14.1. The first kappa shape index (κ1) is 12.8. The average molecular weight is 283 g/mol. The van der Waals surface area contributed by atoms with Crippen LogP contribution in [0.1, 0.15) is 16.1 Å². The number of H-pyrrole nitrogens is 1. The van der Waals surface area contributed by atoms with Gasteiger partial charge < -0.3 is 10.1 Å². The number of aromatic amines is 1. The first-order valence-electron chi connectivity index (χ1n) is 6.24. The topological polar surface area (TPSA) is 53.1 Å². The van der Waals surface area contributed by atoms with E-state index < -0.39 is 5.97 Å². The maximum atomic E-state index is 11.3. The van der Waals surface area contributed by atoms with Crippen molar-refractivity contribution in [3.05, 3.63) is 59.8 Å². The number of aromatic carboxylic acids is 1. The van der Waals surface area contributed by atoms with Gasteiger partial charge in [-0.05, 0) is 25.1 Å². The van der Waals surface area contributed by atoms with Gasteiger partial charge in [0.25, 0.3) is 0 Å². The van der Waals surface area contributed by atoms with Crippen molar-refractivity contribution < 1.29 is 9.90 Å². The summed E-state index contributed by atoms with van der Waals surface area (Å²) in [5.74, 6) is -0.898. The number of aryl methyl sites for hydroxylation is 1. The minimum absolute atomic E-state index is 0.335. The van der Waals surface area contributed by atoms with Gasteiger partial charge in [-0.1, -0.05) is 42.1 Å². The maximum Gasteiger partial charge on any atom is 0.336 e. The summed E-state index contributed by atoms with van der Waals surface area (Å²) in [4.78, 5) is 16.4. The Hall–Kier alpha value is -2.20. The molecule has 0 aliphatic carbocycles. The highest BCUT2D eigenvalue weighted by atomic mass is 32.2. The Kier molecular flexibility index (Phi) is 3.24. The molecule has 3 nitrogen and oxygen atoms in total. The second kappa shape index (κ2) is 5.06. The molecule has 0 aliphatic rings. The van der Waals surface area contributed by atoms with E-state index >= 15 is 0 Å². The molecular weight excluding hydrogens is 270 g/mol. The van der Waals surface area contributed by atoms with E-state index in [0.717, 1.165) is 26.4 Å². The lowest BCUT2D eigenvalue weighted by Gasteiger charge is -2.05. The van der Waals surface area contributed by atoms with Gasteiger partial charge in [0.05, 0.1) is 5.56 Å². The van der Waals surface area contributed by atoms with Crippen molar-refractivity contribution in [3.8, 4) is 0 Å². The molecule has 100 valence electrons. The first-order valence-corrected chi connectivity index (χ1v) is 7.06. The van der Waals surface area contributed by atoms with E-state index in [0.29, 0.717) is 5.56 Å². The summed E-state index contributed by atoms with van der Waals surface area (Å²) in [6, 6.07) is 15.1. The summed E-state index contributed by atoms with van der Waals surface area (Å²) < 4.78 is 0. The highest BCUT2D eigenvalue weighted by Gasteiger charge is 2.14. The summed E-state index contributed by atoms with van der Waals surface area (Å²) in [6.07, 6.45) is 0. The number of nitrogens with one attached hydrogen (secondary N) is 1. The van der Waals surface area contributed by atoms with Crippen LogP contribution >= 0.6 is 11.8 Å². The third-order valence-electron chi connectivity index (χ3n) is 3.16. The number of benzene rings is 2. The molecule has 2 N–H and O–H groups in total. The molecule has 0 aliphatic heterocycles. The van der Waals surface area contributed by atoms with Crippen LogP contribution in [-0.2, 0) is 0 Å². The molecule has 3 aromatic rings. The van der Waals surface area contributed by atoms with E-state index in [1.54, 1.807) is 12.1 Å². The number of carboxylic acids is 1. The van der Waals surface area contributed by atoms with Gasteiger partial charge in [-0.25, -0.2) is 4.79 Å². The normalized spacial score (nSPS) is 10.8. The molecule has 4 heteroatoms. The molecule has 0 radical (unpaired) electrons. The van der Waals surface area contributed by atoms with Crippen LogP contribution in [0.5, 0.6) is 0 Å². The molecule has 0 unspecified atom stereocenters. The van der Waals surface area contributed by atoms with E-state index in [4.69, 9.17) is 0 Å². The Balaban J connectivity index is 2.10. The number of carbonyl (C=O) groups is 1. The summed E-state index contributed by atoms with van der Waals surface area (Å²) >= 11 is 1.49. The fourth-order valence-electron chi connectivity index (χ4n) is 2.22. The third-order valence-corrected chi connectivity index (χ3v) is 4.47. The standard InChI is InChI=1S/C16H13NO2S/c1-10-15(11-6-2-4-8-13(11)17-10)20-14-9-5-3-7-12(14)16(18)19/h2-9,17H,1H3,(H,18,19). The lowest BCUT2D eigenvalue weighted by Crippen LogP contribution is -1.98. The van der Waals surface area contributed by atoms with Crippen LogP contribution in [0.15, 0.2) is 58.3 Å². The number of para-hydroxylation sites is 1. The monoisotopic (exact) mass is 283 g/mol. The fourth-order valence-corrected chi connectivity index (χ4v) is 3.35. The van der Waals surface area contributed by atoms with Gasteiger partial charge in [-0.3, -0.25) is 0 Å². The highest BCUT2D eigenvalue weighted by Crippen LogP contribution is 2.37. The molecule has 1 heterocycles. The van der Waals surface area contributed by atoms with Crippen LogP contribution in [-0.4, -0.2) is 16.1 Å². The molecule has 2 aromatic carbocycles. The minimum Gasteiger partial charge on any atom is -0.478 e. The van der Waals surface area contributed by atoms with Crippen LogP contribution in [0.2, 0.25) is 0 Å². The van der Waals surface area contributed by atoms with Gasteiger partial charge in [-0.15, -0.1) is 0 Å². The summed E-state index contributed by atoms with van der Waals surface area (Å²) in [6.45, 7) is 2.01. The Labute approximate surface area is 120 Å². The van der Waals surface area contributed by atoms with E-state index in [1.807, 2.05) is 43.3 Å². The number of aromatic nitrogens is 1. The van der Waals surface area contributed by atoms with E-state index in [-0.39, 0.29) is 0 Å². The van der Waals surface area contributed by atoms with Crippen LogP contribution in [0.25, 0.3) is 10.9 Å². The maximum absolute atomic E-state index is 11.3.